The lowest BCUT2D eigenvalue weighted by atomic mass is 10.0. The van der Waals surface area contributed by atoms with Gasteiger partial charge in [0, 0.05) is 0 Å². The molecule has 0 aromatic carbocycles. The fourth-order valence-electron chi connectivity index (χ4n) is 1.56. The summed E-state index contributed by atoms with van der Waals surface area (Å²) in [7, 11) is -5.00. The van der Waals surface area contributed by atoms with E-state index in [-0.39, 0.29) is 11.5 Å². The Bertz CT molecular complexity index is 466. The fraction of sp³-hybridized carbons (Fsp3) is 0.889. The van der Waals surface area contributed by atoms with Crippen LogP contribution in [0.4, 0.5) is 0 Å². The first-order chi connectivity index (χ1) is 9.69. The summed E-state index contributed by atoms with van der Waals surface area (Å²) in [6, 6.07) is 0. The van der Waals surface area contributed by atoms with Crippen molar-refractivity contribution in [1.82, 2.24) is 0 Å². The van der Waals surface area contributed by atoms with Crippen molar-refractivity contribution in [3.8, 4) is 0 Å². The number of nitrogens with zero attached hydrogens (tertiary/aromatic N) is 1. The van der Waals surface area contributed by atoms with Crippen LogP contribution in [0.3, 0.4) is 0 Å². The van der Waals surface area contributed by atoms with Gasteiger partial charge in [-0.05, 0) is 6.42 Å². The Kier molecular flexibility index (Phi) is 6.80. The van der Waals surface area contributed by atoms with E-state index in [0.717, 1.165) is 0 Å². The molecule has 0 amide bonds. The molecule has 1 saturated heterocycles. The van der Waals surface area contributed by atoms with Crippen molar-refractivity contribution in [2.24, 2.45) is 5.16 Å². The highest BCUT2D eigenvalue weighted by Gasteiger charge is 2.44. The SMILES string of the molecule is CCC(=NOS(=O)(=O)[O-])S[C@@H]1O[C@H](CO)[C@@H](O)[C@H](O)[C@H]1O. The minimum Gasteiger partial charge on any atom is -0.714 e. The second-order valence-corrected chi connectivity index (χ2v) is 6.27. The highest BCUT2D eigenvalue weighted by molar-refractivity contribution is 8.14. The van der Waals surface area contributed by atoms with Crippen molar-refractivity contribution in [2.75, 3.05) is 6.61 Å². The van der Waals surface area contributed by atoms with E-state index in [4.69, 9.17) is 9.84 Å². The van der Waals surface area contributed by atoms with Crippen molar-refractivity contribution in [2.45, 2.75) is 43.2 Å². The largest absolute Gasteiger partial charge is 0.714 e. The number of hydrogen-bond acceptors (Lipinski definition) is 11. The number of oxime groups is 1. The summed E-state index contributed by atoms with van der Waals surface area (Å²) in [6.45, 7) is 0.989. The Morgan fingerprint density at radius 3 is 2.43 bits per heavy atom. The summed E-state index contributed by atoms with van der Waals surface area (Å²) in [5, 5.41) is 41.1. The maximum absolute atomic E-state index is 10.3. The molecule has 0 aliphatic carbocycles. The number of aliphatic hydroxyl groups is 4. The first-order valence-corrected chi connectivity index (χ1v) is 8.09. The highest BCUT2D eigenvalue weighted by atomic mass is 32.3. The predicted octanol–water partition coefficient (Wildman–Crippen LogP) is -2.28. The van der Waals surface area contributed by atoms with Gasteiger partial charge in [-0.15, -0.1) is 0 Å². The van der Waals surface area contributed by atoms with E-state index in [0.29, 0.717) is 11.8 Å². The molecule has 1 aliphatic rings. The summed E-state index contributed by atoms with van der Waals surface area (Å²) in [5.74, 6) is 0. The Hall–Kier alpha value is -0.470. The van der Waals surface area contributed by atoms with Crippen LogP contribution in [0.25, 0.3) is 0 Å². The van der Waals surface area contributed by atoms with Gasteiger partial charge in [0.05, 0.1) is 6.61 Å². The van der Waals surface area contributed by atoms with Gasteiger partial charge in [0.15, 0.2) is 0 Å². The number of hydrogen-bond donors (Lipinski definition) is 4. The third-order valence-electron chi connectivity index (χ3n) is 2.63. The zero-order valence-electron chi connectivity index (χ0n) is 10.9. The van der Waals surface area contributed by atoms with Crippen LogP contribution in [-0.2, 0) is 19.4 Å². The number of aliphatic hydroxyl groups excluding tert-OH is 4. The first kappa shape index (κ1) is 18.6. The van der Waals surface area contributed by atoms with E-state index < -0.39 is 46.9 Å². The first-order valence-electron chi connectivity index (χ1n) is 5.88. The molecule has 10 nitrogen and oxygen atoms in total. The number of ether oxygens (including phenoxy) is 1. The molecule has 1 rings (SSSR count). The lowest BCUT2D eigenvalue weighted by Crippen LogP contribution is -2.57. The molecule has 124 valence electrons. The second kappa shape index (κ2) is 7.69. The van der Waals surface area contributed by atoms with Gasteiger partial charge in [0.2, 0.25) is 0 Å². The molecule has 5 atom stereocenters. The Morgan fingerprint density at radius 2 is 1.95 bits per heavy atom. The molecule has 1 heterocycles. The van der Waals surface area contributed by atoms with E-state index in [2.05, 4.69) is 9.44 Å². The van der Waals surface area contributed by atoms with Gasteiger partial charge in [-0.25, -0.2) is 0 Å². The van der Waals surface area contributed by atoms with Gasteiger partial charge in [-0.3, -0.25) is 4.28 Å². The van der Waals surface area contributed by atoms with Crippen LogP contribution in [0.15, 0.2) is 5.16 Å². The molecule has 0 radical (unpaired) electrons. The summed E-state index contributed by atoms with van der Waals surface area (Å²) in [5.41, 5.74) is -1.13. The van der Waals surface area contributed by atoms with E-state index in [1.807, 2.05) is 0 Å². The minimum absolute atomic E-state index is 0.0127. The van der Waals surface area contributed by atoms with Gasteiger partial charge in [-0.2, -0.15) is 8.42 Å². The average molecular weight is 346 g/mol. The van der Waals surface area contributed by atoms with Crippen LogP contribution in [0.2, 0.25) is 0 Å². The molecule has 0 bridgehead atoms. The monoisotopic (exact) mass is 346 g/mol. The maximum atomic E-state index is 10.3. The Balaban J connectivity index is 2.79. The molecule has 0 spiro atoms. The van der Waals surface area contributed by atoms with E-state index in [9.17, 15) is 28.3 Å². The average Bonchev–Trinajstić information content (AvgIpc) is 2.42. The standard InChI is InChI=1S/C9H17NO9S2/c1-2-5(10-19-21(15,16)17)20-9-8(14)7(13)6(12)4(3-11)18-9/h4,6-9,11-14H,2-3H2,1H3,(H,15,16,17)/p-1/t4-,6-,7+,8-,9+/m1/s1. The molecule has 1 aliphatic heterocycles. The smallest absolute Gasteiger partial charge is 0.284 e. The number of thioether (sulfide) groups is 1. The van der Waals surface area contributed by atoms with Crippen molar-refractivity contribution in [3.05, 3.63) is 0 Å². The van der Waals surface area contributed by atoms with Crippen molar-refractivity contribution >= 4 is 27.2 Å². The van der Waals surface area contributed by atoms with Crippen LogP contribution in [0.1, 0.15) is 13.3 Å². The molecule has 0 aromatic rings. The molecule has 21 heavy (non-hydrogen) atoms. The lowest BCUT2D eigenvalue weighted by Gasteiger charge is -2.39. The quantitative estimate of drug-likeness (QED) is 0.140. The van der Waals surface area contributed by atoms with Crippen molar-refractivity contribution < 1.29 is 42.4 Å². The van der Waals surface area contributed by atoms with Crippen LogP contribution < -0.4 is 0 Å². The number of rotatable bonds is 5. The van der Waals surface area contributed by atoms with E-state index >= 15 is 0 Å². The lowest BCUT2D eigenvalue weighted by molar-refractivity contribution is -0.205. The summed E-state index contributed by atoms with van der Waals surface area (Å²) in [6.07, 6.45) is -5.50. The van der Waals surface area contributed by atoms with Gasteiger partial charge in [0.25, 0.3) is 10.4 Å². The van der Waals surface area contributed by atoms with Gasteiger partial charge in [0.1, 0.15) is 34.9 Å². The third-order valence-corrected chi connectivity index (χ3v) is 4.15. The van der Waals surface area contributed by atoms with Gasteiger partial charge in [-0.1, -0.05) is 23.8 Å². The minimum atomic E-state index is -5.00. The van der Waals surface area contributed by atoms with Crippen LogP contribution in [0.5, 0.6) is 0 Å². The summed E-state index contributed by atoms with van der Waals surface area (Å²) in [4.78, 5) is 0. The molecule has 12 heteroatoms. The Labute approximate surface area is 125 Å². The topological polar surface area (TPSA) is 169 Å². The van der Waals surface area contributed by atoms with E-state index in [1.54, 1.807) is 6.92 Å². The van der Waals surface area contributed by atoms with Crippen LogP contribution in [-0.4, -0.2) is 74.9 Å². The zero-order chi connectivity index (χ0) is 16.2. The molecule has 0 aromatic heterocycles. The molecular formula is C9H16NO9S2-. The molecule has 1 fully saturated rings. The fourth-order valence-corrected chi connectivity index (χ4v) is 2.80. The van der Waals surface area contributed by atoms with Gasteiger partial charge >= 0.3 is 0 Å². The van der Waals surface area contributed by atoms with Crippen LogP contribution >= 0.6 is 11.8 Å². The zero-order valence-corrected chi connectivity index (χ0v) is 12.5. The third kappa shape index (κ3) is 5.34. The van der Waals surface area contributed by atoms with Gasteiger partial charge < -0.3 is 29.7 Å². The normalized spacial score (nSPS) is 34.8. The molecule has 0 unspecified atom stereocenters. The second-order valence-electron chi connectivity index (χ2n) is 4.14. The maximum Gasteiger partial charge on any atom is 0.284 e. The summed E-state index contributed by atoms with van der Waals surface area (Å²) < 4.78 is 39.9. The highest BCUT2D eigenvalue weighted by Crippen LogP contribution is 2.30. The van der Waals surface area contributed by atoms with Crippen molar-refractivity contribution in [1.29, 1.82) is 0 Å². The summed E-state index contributed by atoms with van der Waals surface area (Å²) >= 11 is 0.707. The van der Waals surface area contributed by atoms with E-state index in [1.165, 1.54) is 0 Å². The predicted molar refractivity (Wildman–Crippen MR) is 69.9 cm³/mol. The van der Waals surface area contributed by atoms with Crippen LogP contribution in [0, 0.1) is 0 Å². The molecular weight excluding hydrogens is 330 g/mol. The molecule has 0 saturated carbocycles. The van der Waals surface area contributed by atoms with Crippen molar-refractivity contribution in [3.63, 3.8) is 0 Å². The molecule has 4 N–H and O–H groups in total. The Morgan fingerprint density at radius 1 is 1.33 bits per heavy atom.